The van der Waals surface area contributed by atoms with Gasteiger partial charge in [-0.3, -0.25) is 10.1 Å². The number of aromatic nitrogens is 2. The first kappa shape index (κ1) is 14.1. The molecule has 2 aromatic rings. The fraction of sp³-hybridized carbons (Fsp3) is 0.385. The number of para-hydroxylation sites is 1. The molecule has 0 saturated carbocycles. The van der Waals surface area contributed by atoms with Crippen LogP contribution < -0.4 is 5.73 Å². The zero-order valence-corrected chi connectivity index (χ0v) is 11.5. The third kappa shape index (κ3) is 2.67. The van der Waals surface area contributed by atoms with Crippen molar-refractivity contribution in [3.05, 3.63) is 40.3 Å². The summed E-state index contributed by atoms with van der Waals surface area (Å²) in [7, 11) is 0. The van der Waals surface area contributed by atoms with Crippen LogP contribution in [0.4, 0.5) is 5.69 Å². The molecule has 0 radical (unpaired) electrons. The molecule has 106 valence electrons. The fourth-order valence-corrected chi connectivity index (χ4v) is 1.66. The Bertz CT molecular complexity index is 631. The number of hydrogen-bond donors (Lipinski definition) is 1. The van der Waals surface area contributed by atoms with Crippen molar-refractivity contribution < 1.29 is 9.45 Å². The summed E-state index contributed by atoms with van der Waals surface area (Å²) < 4.78 is 5.13. The summed E-state index contributed by atoms with van der Waals surface area (Å²) in [6.07, 6.45) is 0. The average molecular weight is 276 g/mol. The van der Waals surface area contributed by atoms with Crippen molar-refractivity contribution in [3.63, 3.8) is 0 Å². The molecular formula is C13H16N4O3. The van der Waals surface area contributed by atoms with Crippen LogP contribution in [0.25, 0.3) is 11.4 Å². The smallest absolute Gasteiger partial charge is 0.280 e. The Hall–Kier alpha value is -2.28. The van der Waals surface area contributed by atoms with Crippen LogP contribution in [0.3, 0.4) is 0 Å². The highest BCUT2D eigenvalue weighted by Crippen LogP contribution is 2.32. The maximum absolute atomic E-state index is 11.0. The van der Waals surface area contributed by atoms with Gasteiger partial charge >= 0.3 is 0 Å². The minimum absolute atomic E-state index is 0.0656. The number of nitrogens with zero attached hydrogens (tertiary/aromatic N) is 3. The van der Waals surface area contributed by atoms with Gasteiger partial charge in [0.1, 0.15) is 5.56 Å². The zero-order valence-electron chi connectivity index (χ0n) is 11.5. The monoisotopic (exact) mass is 276 g/mol. The first-order chi connectivity index (χ1) is 9.30. The van der Waals surface area contributed by atoms with Gasteiger partial charge in [0, 0.05) is 6.07 Å². The van der Waals surface area contributed by atoms with Crippen LogP contribution in [0.2, 0.25) is 0 Å². The third-order valence-electron chi connectivity index (χ3n) is 2.98. The normalized spacial score (nSPS) is 13.2. The Kier molecular flexibility index (Phi) is 3.54. The van der Waals surface area contributed by atoms with Crippen LogP contribution in [-0.4, -0.2) is 15.1 Å². The van der Waals surface area contributed by atoms with Gasteiger partial charge in [-0.1, -0.05) is 38.1 Å². The Morgan fingerprint density at radius 1 is 1.35 bits per heavy atom. The number of benzene rings is 1. The molecule has 0 saturated heterocycles. The van der Waals surface area contributed by atoms with Crippen LogP contribution in [0.1, 0.15) is 32.7 Å². The average Bonchev–Trinajstić information content (AvgIpc) is 2.86. The molecule has 20 heavy (non-hydrogen) atoms. The molecule has 0 fully saturated rings. The Balaban J connectivity index is 2.42. The van der Waals surface area contributed by atoms with Gasteiger partial charge in [0.25, 0.3) is 5.69 Å². The lowest BCUT2D eigenvalue weighted by molar-refractivity contribution is -0.384. The number of rotatable bonds is 3. The Morgan fingerprint density at radius 2 is 2.00 bits per heavy atom. The van der Waals surface area contributed by atoms with E-state index in [1.165, 1.54) is 6.07 Å². The lowest BCUT2D eigenvalue weighted by atomic mass is 9.87. The number of nitro groups is 1. The van der Waals surface area contributed by atoms with E-state index in [4.69, 9.17) is 10.3 Å². The largest absolute Gasteiger partial charge is 0.337 e. The second kappa shape index (κ2) is 5.01. The van der Waals surface area contributed by atoms with E-state index in [9.17, 15) is 10.1 Å². The van der Waals surface area contributed by atoms with E-state index in [2.05, 4.69) is 10.1 Å². The Labute approximate surface area is 115 Å². The second-order valence-corrected chi connectivity index (χ2v) is 5.57. The molecule has 2 rings (SSSR count). The van der Waals surface area contributed by atoms with Gasteiger partial charge in [-0.2, -0.15) is 4.98 Å². The van der Waals surface area contributed by atoms with Crippen molar-refractivity contribution in [3.8, 4) is 11.4 Å². The summed E-state index contributed by atoms with van der Waals surface area (Å²) in [5.74, 6) is 0.442. The Morgan fingerprint density at radius 3 is 2.60 bits per heavy atom. The van der Waals surface area contributed by atoms with Crippen LogP contribution in [0.5, 0.6) is 0 Å². The van der Waals surface area contributed by atoms with Crippen molar-refractivity contribution in [2.45, 2.75) is 26.8 Å². The second-order valence-electron chi connectivity index (χ2n) is 5.57. The molecule has 7 nitrogen and oxygen atoms in total. The van der Waals surface area contributed by atoms with Gasteiger partial charge in [0.2, 0.25) is 11.7 Å². The van der Waals surface area contributed by atoms with Gasteiger partial charge in [-0.25, -0.2) is 0 Å². The lowest BCUT2D eigenvalue weighted by Gasteiger charge is -2.23. The topological polar surface area (TPSA) is 108 Å². The molecule has 0 spiro atoms. The van der Waals surface area contributed by atoms with Gasteiger partial charge in [0.15, 0.2) is 0 Å². The van der Waals surface area contributed by atoms with Crippen LogP contribution in [0.15, 0.2) is 28.8 Å². The third-order valence-corrected chi connectivity index (χ3v) is 2.98. The van der Waals surface area contributed by atoms with Crippen molar-refractivity contribution in [2.75, 3.05) is 0 Å². The number of nitro benzene ring substituents is 1. The molecule has 1 aromatic carbocycles. The summed E-state index contributed by atoms with van der Waals surface area (Å²) in [6, 6.07) is 5.81. The highest BCUT2D eigenvalue weighted by molar-refractivity contribution is 5.67. The first-order valence-electron chi connectivity index (χ1n) is 6.13. The fourth-order valence-electron chi connectivity index (χ4n) is 1.66. The van der Waals surface area contributed by atoms with E-state index in [0.29, 0.717) is 5.56 Å². The highest BCUT2D eigenvalue weighted by Gasteiger charge is 2.28. The molecule has 0 aliphatic carbocycles. The van der Waals surface area contributed by atoms with E-state index >= 15 is 0 Å². The standard InChI is InChI=1S/C13H16N4O3/c1-13(2,3)10(14)12-15-11(16-20-12)8-6-4-5-7-9(8)17(18)19/h4-7,10H,14H2,1-3H3. The van der Waals surface area contributed by atoms with Gasteiger partial charge in [-0.05, 0) is 11.5 Å². The predicted molar refractivity (Wildman–Crippen MR) is 72.8 cm³/mol. The predicted octanol–water partition coefficient (Wildman–Crippen LogP) is 2.69. The number of hydrogen-bond acceptors (Lipinski definition) is 6. The lowest BCUT2D eigenvalue weighted by Crippen LogP contribution is -2.26. The van der Waals surface area contributed by atoms with Crippen LogP contribution in [-0.2, 0) is 0 Å². The first-order valence-corrected chi connectivity index (χ1v) is 6.13. The molecular weight excluding hydrogens is 260 g/mol. The molecule has 1 unspecified atom stereocenters. The molecule has 1 atom stereocenters. The molecule has 0 amide bonds. The molecule has 2 N–H and O–H groups in total. The molecule has 1 aromatic heterocycles. The molecule has 1 heterocycles. The summed E-state index contributed by atoms with van der Waals surface area (Å²) in [5, 5.41) is 14.8. The molecule has 0 aliphatic rings. The van der Waals surface area contributed by atoms with Crippen molar-refractivity contribution in [2.24, 2.45) is 11.1 Å². The summed E-state index contributed by atoms with van der Waals surface area (Å²) in [4.78, 5) is 14.7. The number of nitrogens with two attached hydrogens (primary N) is 1. The summed E-state index contributed by atoms with van der Waals surface area (Å²) in [5.41, 5.74) is 6.04. The van der Waals surface area contributed by atoms with Crippen molar-refractivity contribution in [1.29, 1.82) is 0 Å². The van der Waals surface area contributed by atoms with Gasteiger partial charge in [-0.15, -0.1) is 0 Å². The van der Waals surface area contributed by atoms with Crippen LogP contribution >= 0.6 is 0 Å². The molecule has 7 heteroatoms. The highest BCUT2D eigenvalue weighted by atomic mass is 16.6. The quantitative estimate of drug-likeness (QED) is 0.682. The van der Waals surface area contributed by atoms with Gasteiger partial charge < -0.3 is 10.3 Å². The summed E-state index contributed by atoms with van der Waals surface area (Å²) in [6.45, 7) is 5.85. The maximum Gasteiger partial charge on any atom is 0.280 e. The maximum atomic E-state index is 11.0. The van der Waals surface area contributed by atoms with E-state index in [0.717, 1.165) is 0 Å². The molecule has 0 bridgehead atoms. The van der Waals surface area contributed by atoms with E-state index in [-0.39, 0.29) is 22.8 Å². The van der Waals surface area contributed by atoms with E-state index in [1.807, 2.05) is 20.8 Å². The zero-order chi connectivity index (χ0) is 14.9. The van der Waals surface area contributed by atoms with E-state index < -0.39 is 11.0 Å². The minimum Gasteiger partial charge on any atom is -0.337 e. The van der Waals surface area contributed by atoms with Crippen molar-refractivity contribution >= 4 is 5.69 Å². The summed E-state index contributed by atoms with van der Waals surface area (Å²) >= 11 is 0. The van der Waals surface area contributed by atoms with Gasteiger partial charge in [0.05, 0.1) is 11.0 Å². The van der Waals surface area contributed by atoms with Crippen molar-refractivity contribution in [1.82, 2.24) is 10.1 Å². The van der Waals surface area contributed by atoms with E-state index in [1.54, 1.807) is 18.2 Å². The SMILES string of the molecule is CC(C)(C)C(N)c1nc(-c2ccccc2[N+](=O)[O-])no1. The molecule has 0 aliphatic heterocycles. The van der Waals surface area contributed by atoms with Crippen LogP contribution in [0, 0.1) is 15.5 Å². The minimum atomic E-state index is -0.477.